The lowest BCUT2D eigenvalue weighted by atomic mass is 10.0. The Morgan fingerprint density at radius 3 is 2.60 bits per heavy atom. The SMILES string of the molecule is Cc1nn(C)c(C)c1CCC(O)Cc1ccccc1Br. The summed E-state index contributed by atoms with van der Waals surface area (Å²) < 4.78 is 2.97. The number of nitrogens with zero attached hydrogens (tertiary/aromatic N) is 2. The number of hydrogen-bond acceptors (Lipinski definition) is 2. The Balaban J connectivity index is 1.96. The summed E-state index contributed by atoms with van der Waals surface area (Å²) in [5.41, 5.74) is 4.67. The molecule has 2 aromatic rings. The van der Waals surface area contributed by atoms with Crippen molar-refractivity contribution in [1.82, 2.24) is 9.78 Å². The fourth-order valence-corrected chi connectivity index (χ4v) is 2.96. The Labute approximate surface area is 128 Å². The van der Waals surface area contributed by atoms with Crippen LogP contribution in [0.5, 0.6) is 0 Å². The van der Waals surface area contributed by atoms with Crippen molar-refractivity contribution in [2.24, 2.45) is 7.05 Å². The van der Waals surface area contributed by atoms with Crippen molar-refractivity contribution < 1.29 is 5.11 Å². The zero-order chi connectivity index (χ0) is 14.7. The third-order valence-corrected chi connectivity index (χ3v) is 4.57. The lowest BCUT2D eigenvalue weighted by Crippen LogP contribution is -2.12. The average Bonchev–Trinajstić information content (AvgIpc) is 2.64. The molecule has 0 bridgehead atoms. The fourth-order valence-electron chi connectivity index (χ4n) is 2.51. The first-order chi connectivity index (χ1) is 9.49. The van der Waals surface area contributed by atoms with Crippen molar-refractivity contribution in [3.05, 3.63) is 51.3 Å². The standard InChI is InChI=1S/C16H21BrN2O/c1-11-15(12(2)19(3)18-11)9-8-14(20)10-13-6-4-5-7-16(13)17/h4-7,14,20H,8-10H2,1-3H3. The van der Waals surface area contributed by atoms with E-state index in [1.165, 1.54) is 11.3 Å². The Kier molecular flexibility index (Phi) is 5.00. The Hall–Kier alpha value is -1.13. The smallest absolute Gasteiger partial charge is 0.0628 e. The molecule has 0 saturated carbocycles. The van der Waals surface area contributed by atoms with Crippen LogP contribution in [0.2, 0.25) is 0 Å². The van der Waals surface area contributed by atoms with Crippen molar-refractivity contribution in [3.63, 3.8) is 0 Å². The molecule has 0 fully saturated rings. The van der Waals surface area contributed by atoms with Gasteiger partial charge in [0.25, 0.3) is 0 Å². The van der Waals surface area contributed by atoms with Crippen molar-refractivity contribution in [3.8, 4) is 0 Å². The predicted octanol–water partition coefficient (Wildman–Crippen LogP) is 3.34. The van der Waals surface area contributed by atoms with Crippen molar-refractivity contribution in [2.75, 3.05) is 0 Å². The largest absolute Gasteiger partial charge is 0.393 e. The molecular weight excluding hydrogens is 316 g/mol. The number of aliphatic hydroxyl groups excluding tert-OH is 1. The number of aliphatic hydroxyl groups is 1. The van der Waals surface area contributed by atoms with Crippen LogP contribution < -0.4 is 0 Å². The highest BCUT2D eigenvalue weighted by molar-refractivity contribution is 9.10. The van der Waals surface area contributed by atoms with Crippen LogP contribution in [0.25, 0.3) is 0 Å². The molecule has 4 heteroatoms. The van der Waals surface area contributed by atoms with Gasteiger partial charge in [0.1, 0.15) is 0 Å². The topological polar surface area (TPSA) is 38.0 Å². The van der Waals surface area contributed by atoms with Crippen LogP contribution in [0.4, 0.5) is 0 Å². The normalized spacial score (nSPS) is 12.7. The van der Waals surface area contributed by atoms with Gasteiger partial charge in [-0.25, -0.2) is 0 Å². The van der Waals surface area contributed by atoms with Gasteiger partial charge in [0, 0.05) is 17.2 Å². The minimum atomic E-state index is -0.326. The van der Waals surface area contributed by atoms with E-state index in [1.54, 1.807) is 0 Å². The van der Waals surface area contributed by atoms with Crippen molar-refractivity contribution in [2.45, 2.75) is 39.2 Å². The molecule has 1 aromatic carbocycles. The van der Waals surface area contributed by atoms with E-state index in [4.69, 9.17) is 0 Å². The molecule has 20 heavy (non-hydrogen) atoms. The molecule has 1 N–H and O–H groups in total. The monoisotopic (exact) mass is 336 g/mol. The van der Waals surface area contributed by atoms with E-state index in [2.05, 4.69) is 28.0 Å². The molecule has 0 amide bonds. The number of halogens is 1. The molecule has 0 aliphatic rings. The first-order valence-electron chi connectivity index (χ1n) is 6.89. The maximum Gasteiger partial charge on any atom is 0.0628 e. The second kappa shape index (κ2) is 6.55. The van der Waals surface area contributed by atoms with Gasteiger partial charge in [-0.3, -0.25) is 4.68 Å². The van der Waals surface area contributed by atoms with E-state index >= 15 is 0 Å². The molecule has 1 aromatic heterocycles. The number of aryl methyl sites for hydroxylation is 2. The minimum absolute atomic E-state index is 0.326. The molecule has 1 atom stereocenters. The summed E-state index contributed by atoms with van der Waals surface area (Å²) in [7, 11) is 1.96. The number of hydrogen-bond donors (Lipinski definition) is 1. The highest BCUT2D eigenvalue weighted by atomic mass is 79.9. The Morgan fingerprint density at radius 2 is 2.00 bits per heavy atom. The van der Waals surface area contributed by atoms with Crippen LogP contribution >= 0.6 is 15.9 Å². The van der Waals surface area contributed by atoms with Gasteiger partial charge in [0.2, 0.25) is 0 Å². The molecule has 0 saturated heterocycles. The van der Waals surface area contributed by atoms with E-state index in [1.807, 2.05) is 42.9 Å². The number of benzene rings is 1. The van der Waals surface area contributed by atoms with Crippen LogP contribution in [0, 0.1) is 13.8 Å². The highest BCUT2D eigenvalue weighted by Crippen LogP contribution is 2.20. The molecule has 0 spiro atoms. The molecule has 1 unspecified atom stereocenters. The van der Waals surface area contributed by atoms with Gasteiger partial charge in [-0.05, 0) is 50.3 Å². The van der Waals surface area contributed by atoms with Gasteiger partial charge >= 0.3 is 0 Å². The summed E-state index contributed by atoms with van der Waals surface area (Å²) in [6, 6.07) is 8.05. The summed E-state index contributed by atoms with van der Waals surface area (Å²) in [5.74, 6) is 0. The van der Waals surface area contributed by atoms with E-state index < -0.39 is 0 Å². The van der Waals surface area contributed by atoms with Gasteiger partial charge in [-0.15, -0.1) is 0 Å². The number of rotatable bonds is 5. The summed E-state index contributed by atoms with van der Waals surface area (Å²) in [5, 5.41) is 14.6. The van der Waals surface area contributed by atoms with Gasteiger partial charge in [-0.1, -0.05) is 34.1 Å². The van der Waals surface area contributed by atoms with Gasteiger partial charge < -0.3 is 5.11 Å². The quantitative estimate of drug-likeness (QED) is 0.909. The molecule has 2 rings (SSSR count). The third-order valence-electron chi connectivity index (χ3n) is 3.80. The average molecular weight is 337 g/mol. The Morgan fingerprint density at radius 1 is 1.30 bits per heavy atom. The first kappa shape index (κ1) is 15.3. The lowest BCUT2D eigenvalue weighted by molar-refractivity contribution is 0.165. The predicted molar refractivity (Wildman–Crippen MR) is 84.9 cm³/mol. The van der Waals surface area contributed by atoms with E-state index in [0.717, 1.165) is 28.6 Å². The molecule has 108 valence electrons. The fraction of sp³-hybridized carbons (Fsp3) is 0.438. The molecule has 0 radical (unpaired) electrons. The maximum atomic E-state index is 10.2. The van der Waals surface area contributed by atoms with Crippen LogP contribution in [0.15, 0.2) is 28.7 Å². The summed E-state index contributed by atoms with van der Waals surface area (Å²) in [6.45, 7) is 4.11. The minimum Gasteiger partial charge on any atom is -0.393 e. The maximum absolute atomic E-state index is 10.2. The summed E-state index contributed by atoms with van der Waals surface area (Å²) in [6.07, 6.45) is 1.98. The van der Waals surface area contributed by atoms with Crippen LogP contribution in [-0.4, -0.2) is 21.0 Å². The summed E-state index contributed by atoms with van der Waals surface area (Å²) in [4.78, 5) is 0. The molecule has 3 nitrogen and oxygen atoms in total. The first-order valence-corrected chi connectivity index (χ1v) is 7.69. The Bertz CT molecular complexity index is 592. The zero-order valence-electron chi connectivity index (χ0n) is 12.2. The lowest BCUT2D eigenvalue weighted by Gasteiger charge is -2.12. The van der Waals surface area contributed by atoms with E-state index in [0.29, 0.717) is 6.42 Å². The van der Waals surface area contributed by atoms with Crippen molar-refractivity contribution >= 4 is 15.9 Å². The summed E-state index contributed by atoms with van der Waals surface area (Å²) >= 11 is 3.52. The molecular formula is C16H21BrN2O. The highest BCUT2D eigenvalue weighted by Gasteiger charge is 2.13. The van der Waals surface area contributed by atoms with E-state index in [-0.39, 0.29) is 6.10 Å². The van der Waals surface area contributed by atoms with Gasteiger partial charge in [0.15, 0.2) is 0 Å². The van der Waals surface area contributed by atoms with Crippen molar-refractivity contribution in [1.29, 1.82) is 0 Å². The molecule has 1 heterocycles. The second-order valence-electron chi connectivity index (χ2n) is 5.26. The zero-order valence-corrected chi connectivity index (χ0v) is 13.8. The molecule has 0 aliphatic carbocycles. The van der Waals surface area contributed by atoms with Crippen LogP contribution in [0.1, 0.15) is 28.9 Å². The third kappa shape index (κ3) is 3.49. The number of aromatic nitrogens is 2. The van der Waals surface area contributed by atoms with Crippen LogP contribution in [-0.2, 0) is 19.9 Å². The van der Waals surface area contributed by atoms with Gasteiger partial charge in [0.05, 0.1) is 11.8 Å². The van der Waals surface area contributed by atoms with E-state index in [9.17, 15) is 5.11 Å². The molecule has 0 aliphatic heterocycles. The second-order valence-corrected chi connectivity index (χ2v) is 6.12. The van der Waals surface area contributed by atoms with Crippen LogP contribution in [0.3, 0.4) is 0 Å². The van der Waals surface area contributed by atoms with Gasteiger partial charge in [-0.2, -0.15) is 5.10 Å².